The molecule has 3 aliphatic heterocycles. The molecule has 2 aromatic rings. The molecule has 0 amide bonds. The third-order valence-corrected chi connectivity index (χ3v) is 7.58. The number of piperazine rings is 1. The van der Waals surface area contributed by atoms with E-state index in [2.05, 4.69) is 39.6 Å². The Morgan fingerprint density at radius 3 is 2.63 bits per heavy atom. The van der Waals surface area contributed by atoms with Crippen molar-refractivity contribution in [2.24, 2.45) is 26.7 Å². The molecule has 2 N–H and O–H groups in total. The van der Waals surface area contributed by atoms with Crippen LogP contribution in [0.25, 0.3) is 0 Å². The standard InChI is InChI=1S/C28H39N9O/c1-4-21(2)26-31-28(32-27(29)37(26)33-22(3)25-10-7-17-38-25)36-12-6-8-23(20-36)19-34-13-15-35(16-14-34)24-9-5-11-30-18-24/h5,7,9-11,17-18,23H,4,6,8,12-16,19-20H2,1-3H3,(H2,29,31,32)/b26-21-,33-22+. The molecule has 0 aliphatic carbocycles. The molecule has 10 nitrogen and oxygen atoms in total. The van der Waals surface area contributed by atoms with E-state index in [4.69, 9.17) is 25.2 Å². The predicted octanol–water partition coefficient (Wildman–Crippen LogP) is 3.56. The number of anilines is 1. The monoisotopic (exact) mass is 517 g/mol. The molecule has 10 heteroatoms. The Hall–Kier alpha value is -3.66. The fourth-order valence-electron chi connectivity index (χ4n) is 5.27. The molecule has 5 rings (SSSR count). The number of aromatic nitrogens is 1. The van der Waals surface area contributed by atoms with Gasteiger partial charge in [-0.25, -0.2) is 0 Å². The summed E-state index contributed by atoms with van der Waals surface area (Å²) >= 11 is 0. The minimum atomic E-state index is 0.331. The van der Waals surface area contributed by atoms with Crippen molar-refractivity contribution in [3.8, 4) is 0 Å². The van der Waals surface area contributed by atoms with Crippen LogP contribution in [0.4, 0.5) is 5.69 Å². The zero-order valence-electron chi connectivity index (χ0n) is 22.8. The SMILES string of the molecule is CC/C(C)=C1/N=C(N2CCCC(CN3CCN(c4cccnc4)CC3)C2)N=C(N)N1/N=C(\C)c1ccco1. The maximum Gasteiger partial charge on any atom is 0.230 e. The number of piperidine rings is 1. The van der Waals surface area contributed by atoms with Gasteiger partial charge in [-0.1, -0.05) is 6.92 Å². The smallest absolute Gasteiger partial charge is 0.230 e. The molecule has 0 radical (unpaired) electrons. The van der Waals surface area contributed by atoms with Gasteiger partial charge in [0.05, 0.1) is 18.1 Å². The Morgan fingerprint density at radius 2 is 1.92 bits per heavy atom. The zero-order valence-corrected chi connectivity index (χ0v) is 22.8. The van der Waals surface area contributed by atoms with Crippen LogP contribution in [-0.2, 0) is 0 Å². The van der Waals surface area contributed by atoms with Crippen LogP contribution >= 0.6 is 0 Å². The largest absolute Gasteiger partial charge is 0.463 e. The molecule has 0 bridgehead atoms. The fourth-order valence-corrected chi connectivity index (χ4v) is 5.27. The first-order valence-corrected chi connectivity index (χ1v) is 13.7. The van der Waals surface area contributed by atoms with Crippen LogP contribution in [0.15, 0.2) is 73.8 Å². The molecule has 5 heterocycles. The molecular weight excluding hydrogens is 478 g/mol. The summed E-state index contributed by atoms with van der Waals surface area (Å²) in [5.74, 6) is 3.04. The molecule has 2 aromatic heterocycles. The van der Waals surface area contributed by atoms with E-state index in [9.17, 15) is 0 Å². The van der Waals surface area contributed by atoms with Crippen LogP contribution in [0, 0.1) is 5.92 Å². The lowest BCUT2D eigenvalue weighted by atomic mass is 9.97. The van der Waals surface area contributed by atoms with E-state index >= 15 is 0 Å². The summed E-state index contributed by atoms with van der Waals surface area (Å²) in [6, 6.07) is 7.88. The Balaban J connectivity index is 1.24. The van der Waals surface area contributed by atoms with Crippen LogP contribution in [0.3, 0.4) is 0 Å². The first kappa shape index (κ1) is 26.0. The van der Waals surface area contributed by atoms with Gasteiger partial charge in [-0.2, -0.15) is 20.1 Å². The number of pyridine rings is 1. The van der Waals surface area contributed by atoms with Crippen LogP contribution < -0.4 is 10.6 Å². The van der Waals surface area contributed by atoms with Gasteiger partial charge in [0, 0.05) is 52.0 Å². The average Bonchev–Trinajstić information content (AvgIpc) is 3.50. The number of hydrazone groups is 1. The molecule has 2 fully saturated rings. The highest BCUT2D eigenvalue weighted by molar-refractivity contribution is 6.00. The summed E-state index contributed by atoms with van der Waals surface area (Å²) in [4.78, 5) is 21.3. The van der Waals surface area contributed by atoms with Crippen LogP contribution in [0.2, 0.25) is 0 Å². The number of likely N-dealkylation sites (tertiary alicyclic amines) is 1. The number of nitrogens with two attached hydrogens (primary N) is 1. The lowest BCUT2D eigenvalue weighted by Crippen LogP contribution is -2.50. The maximum absolute atomic E-state index is 6.48. The van der Waals surface area contributed by atoms with E-state index in [0.29, 0.717) is 23.6 Å². The van der Waals surface area contributed by atoms with E-state index in [1.807, 2.05) is 37.5 Å². The molecule has 202 valence electrons. The summed E-state index contributed by atoms with van der Waals surface area (Å²) < 4.78 is 5.51. The van der Waals surface area contributed by atoms with Gasteiger partial charge in [0.15, 0.2) is 5.82 Å². The second-order valence-electron chi connectivity index (χ2n) is 10.3. The first-order chi connectivity index (χ1) is 18.5. The van der Waals surface area contributed by atoms with Gasteiger partial charge < -0.3 is 20.0 Å². The van der Waals surface area contributed by atoms with Gasteiger partial charge in [-0.3, -0.25) is 9.88 Å². The lowest BCUT2D eigenvalue weighted by Gasteiger charge is -2.40. The summed E-state index contributed by atoms with van der Waals surface area (Å²) in [5, 5.41) is 6.35. The lowest BCUT2D eigenvalue weighted by molar-refractivity contribution is 0.166. The van der Waals surface area contributed by atoms with Crippen molar-refractivity contribution in [2.45, 2.75) is 40.0 Å². The highest BCUT2D eigenvalue weighted by atomic mass is 16.3. The molecule has 0 aromatic carbocycles. The van der Waals surface area contributed by atoms with Crippen molar-refractivity contribution in [2.75, 3.05) is 50.7 Å². The summed E-state index contributed by atoms with van der Waals surface area (Å²) in [6.45, 7) is 13.3. The molecule has 2 saturated heterocycles. The van der Waals surface area contributed by atoms with Gasteiger partial charge in [0.25, 0.3) is 0 Å². The van der Waals surface area contributed by atoms with Crippen molar-refractivity contribution in [1.29, 1.82) is 0 Å². The number of furan rings is 1. The topological polar surface area (TPSA) is 102 Å². The number of nitrogens with zero attached hydrogens (tertiary/aromatic N) is 8. The number of hydrogen-bond donors (Lipinski definition) is 1. The summed E-state index contributed by atoms with van der Waals surface area (Å²) in [5.41, 5.74) is 9.52. The molecule has 38 heavy (non-hydrogen) atoms. The molecule has 1 unspecified atom stereocenters. The van der Waals surface area contributed by atoms with Crippen LogP contribution in [0.1, 0.15) is 45.8 Å². The summed E-state index contributed by atoms with van der Waals surface area (Å²) in [6.07, 6.45) is 8.62. The molecule has 0 spiro atoms. The van der Waals surface area contributed by atoms with Crippen molar-refractivity contribution in [3.63, 3.8) is 0 Å². The first-order valence-electron chi connectivity index (χ1n) is 13.7. The Kier molecular flexibility index (Phi) is 8.07. The Labute approximate surface area is 225 Å². The molecule has 1 atom stereocenters. The highest BCUT2D eigenvalue weighted by Gasteiger charge is 2.30. The summed E-state index contributed by atoms with van der Waals surface area (Å²) in [7, 11) is 0. The fraction of sp³-hybridized carbons (Fsp3) is 0.500. The quantitative estimate of drug-likeness (QED) is 0.585. The second-order valence-corrected chi connectivity index (χ2v) is 10.3. The third-order valence-electron chi connectivity index (χ3n) is 7.58. The highest BCUT2D eigenvalue weighted by Crippen LogP contribution is 2.25. The number of hydrogen-bond acceptors (Lipinski definition) is 10. The Bertz CT molecular complexity index is 1190. The second kappa shape index (κ2) is 11.8. The van der Waals surface area contributed by atoms with Gasteiger partial charge in [-0.05, 0) is 68.9 Å². The third kappa shape index (κ3) is 5.91. The van der Waals surface area contributed by atoms with E-state index in [0.717, 1.165) is 75.8 Å². The number of rotatable bonds is 6. The number of guanidine groups is 2. The minimum absolute atomic E-state index is 0.331. The van der Waals surface area contributed by atoms with Crippen molar-refractivity contribution in [1.82, 2.24) is 19.8 Å². The predicted molar refractivity (Wildman–Crippen MR) is 152 cm³/mol. The number of allylic oxidation sites excluding steroid dienone is 1. The Morgan fingerprint density at radius 1 is 1.08 bits per heavy atom. The maximum atomic E-state index is 6.48. The van der Waals surface area contributed by atoms with E-state index < -0.39 is 0 Å². The molecule has 0 saturated carbocycles. The van der Waals surface area contributed by atoms with Crippen LogP contribution in [-0.4, -0.2) is 83.2 Å². The molecule has 3 aliphatic rings. The van der Waals surface area contributed by atoms with Gasteiger partial charge in [0.2, 0.25) is 11.9 Å². The molecular formula is C28H39N9O. The van der Waals surface area contributed by atoms with E-state index in [1.165, 1.54) is 12.1 Å². The van der Waals surface area contributed by atoms with Gasteiger partial charge in [-0.15, -0.1) is 0 Å². The van der Waals surface area contributed by atoms with Crippen LogP contribution in [0.5, 0.6) is 0 Å². The van der Waals surface area contributed by atoms with E-state index in [-0.39, 0.29) is 0 Å². The normalized spacial score (nSPS) is 22.9. The number of aliphatic imine (C=N–C) groups is 2. The van der Waals surface area contributed by atoms with Crippen molar-refractivity contribution < 1.29 is 4.42 Å². The van der Waals surface area contributed by atoms with Gasteiger partial charge in [0.1, 0.15) is 11.5 Å². The van der Waals surface area contributed by atoms with Crippen molar-refractivity contribution >= 4 is 23.3 Å². The van der Waals surface area contributed by atoms with E-state index in [1.54, 1.807) is 11.3 Å². The van der Waals surface area contributed by atoms with Gasteiger partial charge >= 0.3 is 0 Å². The zero-order chi connectivity index (χ0) is 26.5. The minimum Gasteiger partial charge on any atom is -0.463 e. The van der Waals surface area contributed by atoms with Crippen molar-refractivity contribution in [3.05, 3.63) is 60.1 Å². The average molecular weight is 518 g/mol.